The Bertz CT molecular complexity index is 338. The van der Waals surface area contributed by atoms with E-state index in [9.17, 15) is 0 Å². The molecular formula is C15H27N3. The van der Waals surface area contributed by atoms with Crippen LogP contribution in [0.25, 0.3) is 0 Å². The summed E-state index contributed by atoms with van der Waals surface area (Å²) >= 11 is 0. The fourth-order valence-electron chi connectivity index (χ4n) is 2.01. The highest BCUT2D eigenvalue weighted by Gasteiger charge is 2.10. The maximum absolute atomic E-state index is 4.42. The minimum Gasteiger partial charge on any atom is -0.370 e. The zero-order chi connectivity index (χ0) is 13.4. The number of pyridine rings is 1. The molecule has 1 N–H and O–H groups in total. The number of anilines is 1. The van der Waals surface area contributed by atoms with Crippen molar-refractivity contribution in [2.24, 2.45) is 5.92 Å². The molecule has 1 heterocycles. The molecule has 3 nitrogen and oxygen atoms in total. The van der Waals surface area contributed by atoms with Gasteiger partial charge in [-0.25, -0.2) is 4.98 Å². The van der Waals surface area contributed by atoms with Crippen LogP contribution >= 0.6 is 0 Å². The first-order valence-corrected chi connectivity index (χ1v) is 7.11. The largest absolute Gasteiger partial charge is 0.370 e. The maximum atomic E-state index is 4.42. The summed E-state index contributed by atoms with van der Waals surface area (Å²) in [7, 11) is 0. The molecule has 1 aromatic rings. The van der Waals surface area contributed by atoms with Gasteiger partial charge in [-0.3, -0.25) is 4.90 Å². The van der Waals surface area contributed by atoms with Crippen molar-refractivity contribution < 1.29 is 0 Å². The van der Waals surface area contributed by atoms with E-state index in [0.717, 1.165) is 37.9 Å². The van der Waals surface area contributed by atoms with Crippen molar-refractivity contribution in [3.05, 3.63) is 23.9 Å². The van der Waals surface area contributed by atoms with Gasteiger partial charge in [0.2, 0.25) is 0 Å². The Morgan fingerprint density at radius 3 is 2.72 bits per heavy atom. The van der Waals surface area contributed by atoms with Crippen LogP contribution in [0.2, 0.25) is 0 Å². The zero-order valence-electron chi connectivity index (χ0n) is 12.2. The Balaban J connectivity index is 2.68. The third-order valence-corrected chi connectivity index (χ3v) is 3.34. The van der Waals surface area contributed by atoms with Crippen LogP contribution < -0.4 is 5.32 Å². The van der Waals surface area contributed by atoms with Crippen molar-refractivity contribution in [3.63, 3.8) is 0 Å². The second-order valence-corrected chi connectivity index (χ2v) is 4.88. The minimum atomic E-state index is 0.754. The Hall–Kier alpha value is -1.09. The predicted molar refractivity (Wildman–Crippen MR) is 78.8 cm³/mol. The maximum Gasteiger partial charge on any atom is 0.130 e. The summed E-state index contributed by atoms with van der Waals surface area (Å²) in [6.07, 6.45) is 3.09. The summed E-state index contributed by atoms with van der Waals surface area (Å²) in [6, 6.07) is 4.19. The van der Waals surface area contributed by atoms with E-state index in [-0.39, 0.29) is 0 Å². The molecule has 0 saturated carbocycles. The topological polar surface area (TPSA) is 28.2 Å². The molecule has 3 heteroatoms. The van der Waals surface area contributed by atoms with E-state index < -0.39 is 0 Å². The molecule has 0 aliphatic heterocycles. The van der Waals surface area contributed by atoms with Crippen LogP contribution in [-0.2, 0) is 6.54 Å². The molecule has 0 bridgehead atoms. The van der Waals surface area contributed by atoms with E-state index in [1.807, 2.05) is 12.3 Å². The lowest BCUT2D eigenvalue weighted by molar-refractivity contribution is 0.238. The average Bonchev–Trinajstić information content (AvgIpc) is 2.40. The summed E-state index contributed by atoms with van der Waals surface area (Å²) in [4.78, 5) is 6.91. The van der Waals surface area contributed by atoms with Gasteiger partial charge in [0.05, 0.1) is 0 Å². The number of nitrogens with zero attached hydrogens (tertiary/aromatic N) is 2. The monoisotopic (exact) mass is 249 g/mol. The van der Waals surface area contributed by atoms with Crippen LogP contribution in [-0.4, -0.2) is 29.5 Å². The highest BCUT2D eigenvalue weighted by Crippen LogP contribution is 2.15. The molecule has 1 atom stereocenters. The second-order valence-electron chi connectivity index (χ2n) is 4.88. The van der Waals surface area contributed by atoms with Crippen molar-refractivity contribution >= 4 is 5.82 Å². The summed E-state index contributed by atoms with van der Waals surface area (Å²) in [6.45, 7) is 13.1. The molecule has 1 rings (SSSR count). The van der Waals surface area contributed by atoms with E-state index in [1.54, 1.807) is 0 Å². The first kappa shape index (κ1) is 15.0. The van der Waals surface area contributed by atoms with Crippen LogP contribution in [0.1, 0.15) is 39.7 Å². The highest BCUT2D eigenvalue weighted by molar-refractivity contribution is 5.43. The van der Waals surface area contributed by atoms with Gasteiger partial charge in [0.1, 0.15) is 5.82 Å². The third kappa shape index (κ3) is 4.65. The molecular weight excluding hydrogens is 222 g/mol. The molecule has 0 saturated heterocycles. The number of nitrogens with one attached hydrogen (secondary N) is 1. The first-order valence-electron chi connectivity index (χ1n) is 7.11. The average molecular weight is 249 g/mol. The van der Waals surface area contributed by atoms with E-state index in [1.165, 1.54) is 12.0 Å². The number of hydrogen-bond acceptors (Lipinski definition) is 3. The molecule has 0 aliphatic rings. The van der Waals surface area contributed by atoms with Crippen molar-refractivity contribution in [1.82, 2.24) is 9.88 Å². The van der Waals surface area contributed by atoms with E-state index in [0.29, 0.717) is 0 Å². The van der Waals surface area contributed by atoms with Crippen LogP contribution in [0.4, 0.5) is 5.82 Å². The van der Waals surface area contributed by atoms with Crippen LogP contribution in [0.3, 0.4) is 0 Å². The SMILES string of the molecule is CCNc1ncccc1CN(CC)CC(C)CC. The standard InChI is InChI=1S/C15H27N3/c1-5-13(4)11-18(7-3)12-14-9-8-10-17-15(14)16-6-2/h8-10,13H,5-7,11-12H2,1-4H3,(H,16,17). The minimum absolute atomic E-state index is 0.754. The number of hydrogen-bond donors (Lipinski definition) is 1. The molecule has 1 aromatic heterocycles. The molecule has 0 radical (unpaired) electrons. The van der Waals surface area contributed by atoms with Gasteiger partial charge in [0.15, 0.2) is 0 Å². The van der Waals surface area contributed by atoms with Crippen molar-refractivity contribution in [1.29, 1.82) is 0 Å². The fraction of sp³-hybridized carbons (Fsp3) is 0.667. The lowest BCUT2D eigenvalue weighted by atomic mass is 10.1. The quantitative estimate of drug-likeness (QED) is 0.765. The van der Waals surface area contributed by atoms with Crippen LogP contribution in [0, 0.1) is 5.92 Å². The van der Waals surface area contributed by atoms with Gasteiger partial charge in [0.25, 0.3) is 0 Å². The lowest BCUT2D eigenvalue weighted by Gasteiger charge is -2.24. The molecule has 18 heavy (non-hydrogen) atoms. The summed E-state index contributed by atoms with van der Waals surface area (Å²) in [5.74, 6) is 1.78. The summed E-state index contributed by atoms with van der Waals surface area (Å²) < 4.78 is 0. The molecule has 1 unspecified atom stereocenters. The third-order valence-electron chi connectivity index (χ3n) is 3.34. The van der Waals surface area contributed by atoms with E-state index >= 15 is 0 Å². The second kappa shape index (κ2) is 8.09. The Labute approximate surface area is 112 Å². The zero-order valence-corrected chi connectivity index (χ0v) is 12.2. The molecule has 0 aliphatic carbocycles. The summed E-state index contributed by atoms with van der Waals surface area (Å²) in [5.41, 5.74) is 1.30. The Kier molecular flexibility index (Phi) is 6.73. The van der Waals surface area contributed by atoms with Gasteiger partial charge in [-0.15, -0.1) is 0 Å². The molecule has 0 amide bonds. The normalized spacial score (nSPS) is 12.7. The van der Waals surface area contributed by atoms with Gasteiger partial charge in [-0.05, 0) is 25.5 Å². The van der Waals surface area contributed by atoms with Gasteiger partial charge in [-0.2, -0.15) is 0 Å². The van der Waals surface area contributed by atoms with Gasteiger partial charge < -0.3 is 5.32 Å². The smallest absolute Gasteiger partial charge is 0.130 e. The summed E-state index contributed by atoms with van der Waals surface area (Å²) in [5, 5.41) is 3.34. The molecule has 0 spiro atoms. The van der Waals surface area contributed by atoms with Gasteiger partial charge in [-0.1, -0.05) is 33.3 Å². The van der Waals surface area contributed by atoms with E-state index in [4.69, 9.17) is 0 Å². The number of aromatic nitrogens is 1. The molecule has 0 aromatic carbocycles. The Morgan fingerprint density at radius 2 is 2.11 bits per heavy atom. The number of rotatable bonds is 8. The van der Waals surface area contributed by atoms with Gasteiger partial charge in [0, 0.05) is 31.4 Å². The molecule has 102 valence electrons. The van der Waals surface area contributed by atoms with Gasteiger partial charge >= 0.3 is 0 Å². The van der Waals surface area contributed by atoms with E-state index in [2.05, 4.69) is 49.0 Å². The fourth-order valence-corrected chi connectivity index (χ4v) is 2.01. The first-order chi connectivity index (χ1) is 8.71. The van der Waals surface area contributed by atoms with Crippen molar-refractivity contribution in [2.75, 3.05) is 25.0 Å². The van der Waals surface area contributed by atoms with Crippen molar-refractivity contribution in [3.8, 4) is 0 Å². The lowest BCUT2D eigenvalue weighted by Crippen LogP contribution is -2.28. The van der Waals surface area contributed by atoms with Crippen LogP contribution in [0.5, 0.6) is 0 Å². The Morgan fingerprint density at radius 1 is 1.33 bits per heavy atom. The predicted octanol–water partition coefficient (Wildman–Crippen LogP) is 3.38. The molecule has 0 fully saturated rings. The highest BCUT2D eigenvalue weighted by atomic mass is 15.1. The van der Waals surface area contributed by atoms with Crippen LogP contribution in [0.15, 0.2) is 18.3 Å². The van der Waals surface area contributed by atoms with Crippen molar-refractivity contribution in [2.45, 2.75) is 40.7 Å².